The van der Waals surface area contributed by atoms with Gasteiger partial charge in [0.15, 0.2) is 0 Å². The Morgan fingerprint density at radius 3 is 2.53 bits per heavy atom. The summed E-state index contributed by atoms with van der Waals surface area (Å²) in [5.74, 6) is -0.835. The molecule has 0 saturated carbocycles. The lowest BCUT2D eigenvalue weighted by Crippen LogP contribution is -2.15. The highest BCUT2D eigenvalue weighted by atomic mass is 32.2. The lowest BCUT2D eigenvalue weighted by Gasteiger charge is -2.05. The van der Waals surface area contributed by atoms with Crippen molar-refractivity contribution in [3.8, 4) is 0 Å². The Hall–Kier alpha value is -1.73. The van der Waals surface area contributed by atoms with Crippen molar-refractivity contribution < 1.29 is 22.6 Å². The lowest BCUT2D eigenvalue weighted by atomic mass is 10.2. The van der Waals surface area contributed by atoms with Gasteiger partial charge >= 0.3 is 0 Å². The molecule has 1 amide bonds. The molecule has 6 nitrogen and oxygen atoms in total. The smallest absolute Gasteiger partial charge is 0.294 e. The van der Waals surface area contributed by atoms with Gasteiger partial charge in [0.2, 0.25) is 5.91 Å². The van der Waals surface area contributed by atoms with E-state index in [1.54, 1.807) is 0 Å². The predicted molar refractivity (Wildman–Crippen MR) is 60.2 cm³/mol. The summed E-state index contributed by atoms with van der Waals surface area (Å²) in [5.41, 5.74) is 0.200. The quantitative estimate of drug-likeness (QED) is 0.615. The van der Waals surface area contributed by atoms with Crippen LogP contribution in [0.5, 0.6) is 0 Å². The lowest BCUT2D eigenvalue weighted by molar-refractivity contribution is -0.124. The van der Waals surface area contributed by atoms with Crippen LogP contribution < -0.4 is 5.32 Å². The minimum Gasteiger partial charge on any atom is -0.326 e. The van der Waals surface area contributed by atoms with E-state index in [1.807, 2.05) is 0 Å². The van der Waals surface area contributed by atoms with Crippen molar-refractivity contribution in [1.82, 2.24) is 0 Å². The van der Waals surface area contributed by atoms with Gasteiger partial charge in [-0.2, -0.15) is 8.42 Å². The number of ketones is 1. The number of rotatable bonds is 4. The van der Waals surface area contributed by atoms with Crippen LogP contribution in [0.2, 0.25) is 0 Å². The molecule has 0 heterocycles. The Bertz CT molecular complexity index is 550. The molecule has 7 heteroatoms. The van der Waals surface area contributed by atoms with Crippen LogP contribution in [0.1, 0.15) is 13.3 Å². The molecule has 0 aliphatic carbocycles. The van der Waals surface area contributed by atoms with Gasteiger partial charge in [-0.3, -0.25) is 14.1 Å². The van der Waals surface area contributed by atoms with Gasteiger partial charge in [-0.05, 0) is 25.1 Å². The summed E-state index contributed by atoms with van der Waals surface area (Å²) in [7, 11) is -4.30. The van der Waals surface area contributed by atoms with Gasteiger partial charge in [0, 0.05) is 5.69 Å². The SMILES string of the molecule is CC(=O)CC(=O)Nc1cccc(S(=O)(=O)O)c1. The highest BCUT2D eigenvalue weighted by molar-refractivity contribution is 7.85. The first-order valence-electron chi connectivity index (χ1n) is 4.66. The molecule has 1 aromatic carbocycles. The zero-order valence-corrected chi connectivity index (χ0v) is 9.82. The molecule has 0 aliphatic heterocycles. The fraction of sp³-hybridized carbons (Fsp3) is 0.200. The number of amides is 1. The fourth-order valence-electron chi connectivity index (χ4n) is 1.17. The Morgan fingerprint density at radius 2 is 2.00 bits per heavy atom. The van der Waals surface area contributed by atoms with Gasteiger partial charge in [0.25, 0.3) is 10.1 Å². The fourth-order valence-corrected chi connectivity index (χ4v) is 1.69. The van der Waals surface area contributed by atoms with E-state index in [9.17, 15) is 18.0 Å². The molecule has 0 unspecified atom stereocenters. The van der Waals surface area contributed by atoms with Crippen molar-refractivity contribution in [3.05, 3.63) is 24.3 Å². The number of hydrogen-bond donors (Lipinski definition) is 2. The average Bonchev–Trinajstić information content (AvgIpc) is 2.15. The summed E-state index contributed by atoms with van der Waals surface area (Å²) in [6.07, 6.45) is -0.282. The van der Waals surface area contributed by atoms with Crippen LogP contribution >= 0.6 is 0 Å². The van der Waals surface area contributed by atoms with Gasteiger partial charge in [0.05, 0.1) is 11.3 Å². The van der Waals surface area contributed by atoms with E-state index in [1.165, 1.54) is 25.1 Å². The highest BCUT2D eigenvalue weighted by Gasteiger charge is 2.11. The molecule has 0 fully saturated rings. The molecule has 0 radical (unpaired) electrons. The van der Waals surface area contributed by atoms with Crippen molar-refractivity contribution in [2.24, 2.45) is 0 Å². The summed E-state index contributed by atoms with van der Waals surface area (Å²) in [5, 5.41) is 2.35. The number of carbonyl (C=O) groups is 2. The van der Waals surface area contributed by atoms with Crippen LogP contribution in [0.15, 0.2) is 29.2 Å². The van der Waals surface area contributed by atoms with Crippen molar-refractivity contribution >= 4 is 27.5 Å². The standard InChI is InChI=1S/C10H11NO5S/c1-7(12)5-10(13)11-8-3-2-4-9(6-8)17(14,15)16/h2-4,6H,5H2,1H3,(H,11,13)(H,14,15,16). The molecule has 1 rings (SSSR count). The molecule has 0 spiro atoms. The topological polar surface area (TPSA) is 101 Å². The molecule has 0 bridgehead atoms. The maximum absolute atomic E-state index is 11.2. The zero-order chi connectivity index (χ0) is 13.1. The van der Waals surface area contributed by atoms with Gasteiger partial charge in [-0.15, -0.1) is 0 Å². The van der Waals surface area contributed by atoms with Crippen LogP contribution in [-0.4, -0.2) is 24.7 Å². The van der Waals surface area contributed by atoms with Gasteiger partial charge < -0.3 is 5.32 Å². The minimum absolute atomic E-state index is 0.200. The Balaban J connectivity index is 2.87. The molecule has 2 N–H and O–H groups in total. The Kier molecular flexibility index (Phi) is 3.97. The number of carbonyl (C=O) groups excluding carboxylic acids is 2. The van der Waals surface area contributed by atoms with E-state index < -0.39 is 16.0 Å². The number of Topliss-reactive ketones (excluding diaryl/α,β-unsaturated/α-hetero) is 1. The summed E-state index contributed by atoms with van der Waals surface area (Å²) < 4.78 is 30.5. The van der Waals surface area contributed by atoms with Crippen LogP contribution in [-0.2, 0) is 19.7 Å². The largest absolute Gasteiger partial charge is 0.326 e. The molecule has 1 aromatic rings. The van der Waals surface area contributed by atoms with Crippen molar-refractivity contribution in [2.45, 2.75) is 18.2 Å². The first kappa shape index (κ1) is 13.3. The maximum atomic E-state index is 11.2. The Morgan fingerprint density at radius 1 is 1.35 bits per heavy atom. The van der Waals surface area contributed by atoms with Gasteiger partial charge in [-0.25, -0.2) is 0 Å². The van der Waals surface area contributed by atoms with Crippen LogP contribution in [0, 0.1) is 0 Å². The molecule has 0 aliphatic rings. The second kappa shape index (κ2) is 5.07. The van der Waals surface area contributed by atoms with Crippen LogP contribution in [0.4, 0.5) is 5.69 Å². The molecule has 0 aromatic heterocycles. The summed E-state index contributed by atoms with van der Waals surface area (Å²) in [6, 6.07) is 5.11. The van der Waals surface area contributed by atoms with Gasteiger partial charge in [0.1, 0.15) is 5.78 Å². The van der Waals surface area contributed by atoms with E-state index >= 15 is 0 Å². The average molecular weight is 257 g/mol. The molecular weight excluding hydrogens is 246 g/mol. The van der Waals surface area contributed by atoms with E-state index in [2.05, 4.69) is 5.32 Å². The van der Waals surface area contributed by atoms with E-state index in [0.29, 0.717) is 0 Å². The highest BCUT2D eigenvalue weighted by Crippen LogP contribution is 2.15. The third kappa shape index (κ3) is 4.33. The zero-order valence-electron chi connectivity index (χ0n) is 9.00. The third-order valence-corrected chi connectivity index (χ3v) is 2.67. The third-order valence-electron chi connectivity index (χ3n) is 1.83. The number of nitrogens with one attached hydrogen (secondary N) is 1. The van der Waals surface area contributed by atoms with Gasteiger partial charge in [-0.1, -0.05) is 6.07 Å². The van der Waals surface area contributed by atoms with Crippen molar-refractivity contribution in [3.63, 3.8) is 0 Å². The monoisotopic (exact) mass is 257 g/mol. The van der Waals surface area contributed by atoms with Crippen molar-refractivity contribution in [2.75, 3.05) is 5.32 Å². The first-order valence-corrected chi connectivity index (χ1v) is 6.10. The van der Waals surface area contributed by atoms with E-state index in [-0.39, 0.29) is 22.8 Å². The molecule has 0 atom stereocenters. The molecule has 0 saturated heterocycles. The van der Waals surface area contributed by atoms with Crippen LogP contribution in [0.25, 0.3) is 0 Å². The molecule has 17 heavy (non-hydrogen) atoms. The summed E-state index contributed by atoms with van der Waals surface area (Å²) in [4.78, 5) is 21.6. The van der Waals surface area contributed by atoms with E-state index in [0.717, 1.165) is 6.07 Å². The maximum Gasteiger partial charge on any atom is 0.294 e. The number of anilines is 1. The normalized spacial score (nSPS) is 10.9. The number of hydrogen-bond acceptors (Lipinski definition) is 4. The van der Waals surface area contributed by atoms with Crippen LogP contribution in [0.3, 0.4) is 0 Å². The summed E-state index contributed by atoms with van der Waals surface area (Å²) >= 11 is 0. The first-order chi connectivity index (χ1) is 7.79. The second-order valence-electron chi connectivity index (χ2n) is 3.43. The van der Waals surface area contributed by atoms with E-state index in [4.69, 9.17) is 4.55 Å². The molecular formula is C10H11NO5S. The Labute approximate surface area is 98.4 Å². The molecule has 92 valence electrons. The number of benzene rings is 1. The minimum atomic E-state index is -4.30. The second-order valence-corrected chi connectivity index (χ2v) is 4.85. The summed E-state index contributed by atoms with van der Waals surface area (Å²) in [6.45, 7) is 1.27. The predicted octanol–water partition coefficient (Wildman–Crippen LogP) is 0.851. The van der Waals surface area contributed by atoms with Crippen molar-refractivity contribution in [1.29, 1.82) is 0 Å².